The van der Waals surface area contributed by atoms with E-state index in [0.29, 0.717) is 5.56 Å². The Kier molecular flexibility index (Phi) is 2.56. The first kappa shape index (κ1) is 10.5. The average molecular weight is 218 g/mol. The predicted octanol–water partition coefficient (Wildman–Crippen LogP) is 2.19. The molecular formula is C12H11FN2O. The molecule has 4 heteroatoms. The van der Waals surface area contributed by atoms with Crippen LogP contribution in [-0.2, 0) is 0 Å². The smallest absolute Gasteiger partial charge is 0.287 e. The minimum absolute atomic E-state index is 0.0897. The van der Waals surface area contributed by atoms with Crippen molar-refractivity contribution in [1.82, 2.24) is 9.97 Å². The molecule has 16 heavy (non-hydrogen) atoms. The summed E-state index contributed by atoms with van der Waals surface area (Å²) in [6.07, 6.45) is 1.20. The normalized spacial score (nSPS) is 10.4. The number of benzene rings is 1. The molecular weight excluding hydrogens is 207 g/mol. The van der Waals surface area contributed by atoms with Crippen LogP contribution >= 0.6 is 0 Å². The third-order valence-electron chi connectivity index (χ3n) is 2.58. The molecule has 0 saturated carbocycles. The number of halogens is 1. The summed E-state index contributed by atoms with van der Waals surface area (Å²) >= 11 is 0. The van der Waals surface area contributed by atoms with E-state index in [2.05, 4.69) is 9.97 Å². The fraction of sp³-hybridized carbons (Fsp3) is 0.167. The van der Waals surface area contributed by atoms with E-state index in [9.17, 15) is 9.18 Å². The van der Waals surface area contributed by atoms with Gasteiger partial charge in [-0.2, -0.15) is 4.39 Å². The second-order valence-corrected chi connectivity index (χ2v) is 3.69. The molecule has 2 rings (SSSR count). The molecule has 82 valence electrons. The van der Waals surface area contributed by atoms with Crippen molar-refractivity contribution in [3.05, 3.63) is 51.8 Å². The van der Waals surface area contributed by atoms with Crippen molar-refractivity contribution >= 4 is 0 Å². The number of rotatable bonds is 1. The van der Waals surface area contributed by atoms with Crippen LogP contribution in [0.25, 0.3) is 11.3 Å². The number of aromatic amines is 1. The van der Waals surface area contributed by atoms with E-state index in [1.54, 1.807) is 6.07 Å². The molecule has 0 aliphatic carbocycles. The molecule has 1 aromatic carbocycles. The maximum absolute atomic E-state index is 13.5. The van der Waals surface area contributed by atoms with Crippen LogP contribution in [0.5, 0.6) is 0 Å². The van der Waals surface area contributed by atoms with Crippen molar-refractivity contribution in [1.29, 1.82) is 0 Å². The Hall–Kier alpha value is -1.97. The third kappa shape index (κ3) is 1.74. The lowest BCUT2D eigenvalue weighted by atomic mass is 10.0. The van der Waals surface area contributed by atoms with Crippen molar-refractivity contribution in [2.45, 2.75) is 13.8 Å². The van der Waals surface area contributed by atoms with E-state index in [1.807, 2.05) is 26.0 Å². The molecule has 0 atom stereocenters. The first-order chi connectivity index (χ1) is 7.59. The standard InChI is InChI=1S/C12H11FN2O/c1-7-3-4-9(5-8(7)2)11-10(13)12(16)15-6-14-11/h3-6H,1-2H3,(H,14,15,16). The molecule has 1 aromatic heterocycles. The molecule has 2 aromatic rings. The zero-order valence-electron chi connectivity index (χ0n) is 9.04. The summed E-state index contributed by atoms with van der Waals surface area (Å²) in [7, 11) is 0. The van der Waals surface area contributed by atoms with Crippen LogP contribution in [0.4, 0.5) is 4.39 Å². The van der Waals surface area contributed by atoms with Gasteiger partial charge in [0.2, 0.25) is 5.82 Å². The van der Waals surface area contributed by atoms with Crippen molar-refractivity contribution in [2.24, 2.45) is 0 Å². The Morgan fingerprint density at radius 2 is 2.00 bits per heavy atom. The van der Waals surface area contributed by atoms with E-state index in [0.717, 1.165) is 11.1 Å². The van der Waals surface area contributed by atoms with Crippen LogP contribution < -0.4 is 5.56 Å². The van der Waals surface area contributed by atoms with Gasteiger partial charge in [-0.05, 0) is 31.0 Å². The molecule has 0 bridgehead atoms. The maximum atomic E-state index is 13.5. The molecule has 0 unspecified atom stereocenters. The van der Waals surface area contributed by atoms with E-state index in [4.69, 9.17) is 0 Å². The summed E-state index contributed by atoms with van der Waals surface area (Å²) < 4.78 is 13.5. The van der Waals surface area contributed by atoms with Gasteiger partial charge < -0.3 is 4.98 Å². The minimum Gasteiger partial charge on any atom is -0.311 e. The summed E-state index contributed by atoms with van der Waals surface area (Å²) in [5.41, 5.74) is 2.12. The van der Waals surface area contributed by atoms with Crippen LogP contribution in [0.3, 0.4) is 0 Å². The fourth-order valence-corrected chi connectivity index (χ4v) is 1.47. The van der Waals surface area contributed by atoms with Gasteiger partial charge in [0.25, 0.3) is 5.56 Å². The number of aromatic nitrogens is 2. The molecule has 1 heterocycles. The number of hydrogen-bond donors (Lipinski definition) is 1. The number of nitrogens with one attached hydrogen (secondary N) is 1. The lowest BCUT2D eigenvalue weighted by Crippen LogP contribution is -2.12. The van der Waals surface area contributed by atoms with Gasteiger partial charge in [-0.25, -0.2) is 4.98 Å². The van der Waals surface area contributed by atoms with Crippen LogP contribution in [-0.4, -0.2) is 9.97 Å². The first-order valence-corrected chi connectivity index (χ1v) is 4.90. The van der Waals surface area contributed by atoms with Crippen molar-refractivity contribution in [2.75, 3.05) is 0 Å². The van der Waals surface area contributed by atoms with E-state index < -0.39 is 11.4 Å². The second-order valence-electron chi connectivity index (χ2n) is 3.69. The maximum Gasteiger partial charge on any atom is 0.287 e. The van der Waals surface area contributed by atoms with Gasteiger partial charge >= 0.3 is 0 Å². The molecule has 0 amide bonds. The summed E-state index contributed by atoms with van der Waals surface area (Å²) in [6, 6.07) is 5.46. The fourth-order valence-electron chi connectivity index (χ4n) is 1.47. The molecule has 3 nitrogen and oxygen atoms in total. The highest BCUT2D eigenvalue weighted by Crippen LogP contribution is 2.20. The molecule has 0 aliphatic rings. The Bertz CT molecular complexity index is 590. The van der Waals surface area contributed by atoms with Crippen molar-refractivity contribution < 1.29 is 4.39 Å². The highest BCUT2D eigenvalue weighted by Gasteiger charge is 2.10. The molecule has 0 aliphatic heterocycles. The van der Waals surface area contributed by atoms with Gasteiger partial charge in [-0.3, -0.25) is 4.79 Å². The molecule has 0 saturated heterocycles. The van der Waals surface area contributed by atoms with Crippen molar-refractivity contribution in [3.8, 4) is 11.3 Å². The van der Waals surface area contributed by atoms with Crippen molar-refractivity contribution in [3.63, 3.8) is 0 Å². The molecule has 0 fully saturated rings. The van der Waals surface area contributed by atoms with E-state index >= 15 is 0 Å². The topological polar surface area (TPSA) is 45.8 Å². The average Bonchev–Trinajstić information content (AvgIpc) is 2.26. The number of hydrogen-bond acceptors (Lipinski definition) is 2. The lowest BCUT2D eigenvalue weighted by Gasteiger charge is -2.04. The second kappa shape index (κ2) is 3.89. The van der Waals surface area contributed by atoms with Crippen LogP contribution in [0.15, 0.2) is 29.3 Å². The lowest BCUT2D eigenvalue weighted by molar-refractivity contribution is 0.605. The van der Waals surface area contributed by atoms with Crippen LogP contribution in [0.2, 0.25) is 0 Å². The van der Waals surface area contributed by atoms with Gasteiger partial charge in [0.05, 0.1) is 6.33 Å². The van der Waals surface area contributed by atoms with E-state index in [1.165, 1.54) is 6.33 Å². The van der Waals surface area contributed by atoms with Gasteiger partial charge in [0, 0.05) is 5.56 Å². The monoisotopic (exact) mass is 218 g/mol. The number of H-pyrrole nitrogens is 1. The zero-order chi connectivity index (χ0) is 11.7. The highest BCUT2D eigenvalue weighted by molar-refractivity contribution is 5.60. The van der Waals surface area contributed by atoms with Gasteiger partial charge in [0.15, 0.2) is 0 Å². The Morgan fingerprint density at radius 3 is 2.69 bits per heavy atom. The quantitative estimate of drug-likeness (QED) is 0.797. The Balaban J connectivity index is 2.63. The zero-order valence-corrected chi connectivity index (χ0v) is 9.04. The minimum atomic E-state index is -0.842. The first-order valence-electron chi connectivity index (χ1n) is 4.90. The van der Waals surface area contributed by atoms with Gasteiger partial charge in [-0.1, -0.05) is 12.1 Å². The van der Waals surface area contributed by atoms with Crippen LogP contribution in [0.1, 0.15) is 11.1 Å². The van der Waals surface area contributed by atoms with Gasteiger partial charge in [0.1, 0.15) is 5.69 Å². The number of nitrogens with zero attached hydrogens (tertiary/aromatic N) is 1. The SMILES string of the molecule is Cc1ccc(-c2nc[nH]c(=O)c2F)cc1C. The predicted molar refractivity (Wildman–Crippen MR) is 59.7 cm³/mol. The largest absolute Gasteiger partial charge is 0.311 e. The van der Waals surface area contributed by atoms with E-state index in [-0.39, 0.29) is 5.69 Å². The third-order valence-corrected chi connectivity index (χ3v) is 2.58. The molecule has 0 radical (unpaired) electrons. The molecule has 0 spiro atoms. The molecule has 1 N–H and O–H groups in total. The summed E-state index contributed by atoms with van der Waals surface area (Å²) in [6.45, 7) is 3.91. The summed E-state index contributed by atoms with van der Waals surface area (Å²) in [5.74, 6) is -0.842. The van der Waals surface area contributed by atoms with Crippen LogP contribution in [0, 0.1) is 19.7 Å². The summed E-state index contributed by atoms with van der Waals surface area (Å²) in [5, 5.41) is 0. The Morgan fingerprint density at radius 1 is 1.25 bits per heavy atom. The number of aryl methyl sites for hydroxylation is 2. The summed E-state index contributed by atoms with van der Waals surface area (Å²) in [4.78, 5) is 17.1. The van der Waals surface area contributed by atoms with Gasteiger partial charge in [-0.15, -0.1) is 0 Å². The Labute approximate surface area is 92.0 Å². The highest BCUT2D eigenvalue weighted by atomic mass is 19.1.